The van der Waals surface area contributed by atoms with E-state index in [4.69, 9.17) is 0 Å². The summed E-state index contributed by atoms with van der Waals surface area (Å²) in [6.07, 6.45) is 6.20. The number of likely N-dealkylation sites (N-methyl/N-ethyl adjacent to an activating group) is 1. The summed E-state index contributed by atoms with van der Waals surface area (Å²) in [6.45, 7) is 0. The lowest BCUT2D eigenvalue weighted by atomic mass is 10.1. The molecule has 1 unspecified atom stereocenters. The number of halogens is 2. The minimum absolute atomic E-state index is 0.115. The van der Waals surface area contributed by atoms with Gasteiger partial charge in [0.15, 0.2) is 11.6 Å². The lowest BCUT2D eigenvalue weighted by molar-refractivity contribution is -0.122. The standard InChI is InChI=1S/C18H15F2N5O2/c1-21-18(27)16(11-2-4-13(19)14(20)8-11)24-17(26)12-3-5-15(23-9-12)25-7-6-22-10-25/h2-10,16H,1H3,(H,21,27)(H,24,26). The molecule has 2 N–H and O–H groups in total. The molecule has 0 aliphatic carbocycles. The molecule has 138 valence electrons. The van der Waals surface area contributed by atoms with Crippen molar-refractivity contribution in [2.24, 2.45) is 0 Å². The third-order valence-corrected chi connectivity index (χ3v) is 3.84. The van der Waals surface area contributed by atoms with Gasteiger partial charge in [-0.2, -0.15) is 0 Å². The molecule has 7 nitrogen and oxygen atoms in total. The van der Waals surface area contributed by atoms with Gasteiger partial charge in [0.1, 0.15) is 18.2 Å². The molecule has 0 spiro atoms. The molecule has 0 saturated heterocycles. The van der Waals surface area contributed by atoms with Crippen molar-refractivity contribution >= 4 is 11.8 Å². The number of rotatable bonds is 5. The minimum Gasteiger partial charge on any atom is -0.357 e. The van der Waals surface area contributed by atoms with Gasteiger partial charge in [-0.25, -0.2) is 18.7 Å². The summed E-state index contributed by atoms with van der Waals surface area (Å²) in [4.78, 5) is 32.7. The van der Waals surface area contributed by atoms with Crippen molar-refractivity contribution in [2.45, 2.75) is 6.04 Å². The van der Waals surface area contributed by atoms with Crippen LogP contribution in [0.1, 0.15) is 22.0 Å². The van der Waals surface area contributed by atoms with Crippen LogP contribution in [-0.2, 0) is 4.79 Å². The maximum Gasteiger partial charge on any atom is 0.253 e. The van der Waals surface area contributed by atoms with Gasteiger partial charge in [-0.05, 0) is 29.8 Å². The highest BCUT2D eigenvalue weighted by molar-refractivity contribution is 5.97. The molecule has 2 aromatic heterocycles. The molecule has 3 rings (SSSR count). The highest BCUT2D eigenvalue weighted by atomic mass is 19.2. The van der Waals surface area contributed by atoms with E-state index in [0.29, 0.717) is 5.82 Å². The Morgan fingerprint density at radius 1 is 1.15 bits per heavy atom. The summed E-state index contributed by atoms with van der Waals surface area (Å²) < 4.78 is 28.3. The van der Waals surface area contributed by atoms with Gasteiger partial charge in [0.05, 0.1) is 5.56 Å². The lowest BCUT2D eigenvalue weighted by Gasteiger charge is -2.18. The molecular weight excluding hydrogens is 356 g/mol. The summed E-state index contributed by atoms with van der Waals surface area (Å²) in [7, 11) is 1.38. The van der Waals surface area contributed by atoms with Crippen molar-refractivity contribution in [3.05, 3.63) is 78.0 Å². The quantitative estimate of drug-likeness (QED) is 0.715. The molecule has 1 aromatic carbocycles. The van der Waals surface area contributed by atoms with Gasteiger partial charge in [0.25, 0.3) is 5.91 Å². The van der Waals surface area contributed by atoms with Gasteiger partial charge in [0.2, 0.25) is 5.91 Å². The summed E-state index contributed by atoms with van der Waals surface area (Å²) in [5.41, 5.74) is 0.319. The fourth-order valence-electron chi connectivity index (χ4n) is 2.42. The van der Waals surface area contributed by atoms with Crippen molar-refractivity contribution in [1.29, 1.82) is 0 Å². The molecular formula is C18H15F2N5O2. The maximum absolute atomic E-state index is 13.5. The average molecular weight is 371 g/mol. The molecule has 0 radical (unpaired) electrons. The van der Waals surface area contributed by atoms with Gasteiger partial charge in [-0.1, -0.05) is 6.07 Å². The topological polar surface area (TPSA) is 88.9 Å². The second kappa shape index (κ2) is 7.73. The highest BCUT2D eigenvalue weighted by Crippen LogP contribution is 2.18. The molecule has 2 heterocycles. The molecule has 2 amide bonds. The van der Waals surface area contributed by atoms with Gasteiger partial charge in [-0.3, -0.25) is 14.2 Å². The third-order valence-electron chi connectivity index (χ3n) is 3.84. The first-order chi connectivity index (χ1) is 13.0. The Labute approximate surface area is 153 Å². The Morgan fingerprint density at radius 2 is 1.96 bits per heavy atom. The summed E-state index contributed by atoms with van der Waals surface area (Å²) in [6, 6.07) is 4.96. The molecule has 9 heteroatoms. The number of amides is 2. The molecule has 3 aromatic rings. The van der Waals surface area contributed by atoms with Crippen LogP contribution in [0.3, 0.4) is 0 Å². The third kappa shape index (κ3) is 3.97. The Morgan fingerprint density at radius 3 is 2.56 bits per heavy atom. The van der Waals surface area contributed by atoms with Crippen molar-refractivity contribution in [3.8, 4) is 5.82 Å². The van der Waals surface area contributed by atoms with Crippen LogP contribution >= 0.6 is 0 Å². The fraction of sp³-hybridized carbons (Fsp3) is 0.111. The van der Waals surface area contributed by atoms with E-state index in [-0.39, 0.29) is 11.1 Å². The van der Waals surface area contributed by atoms with Crippen molar-refractivity contribution in [1.82, 2.24) is 25.2 Å². The van der Waals surface area contributed by atoms with Crippen LogP contribution in [0.25, 0.3) is 5.82 Å². The molecule has 0 aliphatic heterocycles. The van der Waals surface area contributed by atoms with Crippen LogP contribution < -0.4 is 10.6 Å². The van der Waals surface area contributed by atoms with E-state index in [2.05, 4.69) is 20.6 Å². The van der Waals surface area contributed by atoms with E-state index in [1.807, 2.05) is 0 Å². The summed E-state index contributed by atoms with van der Waals surface area (Å²) >= 11 is 0. The van der Waals surface area contributed by atoms with Crippen molar-refractivity contribution < 1.29 is 18.4 Å². The predicted octanol–water partition coefficient (Wildman–Crippen LogP) is 1.76. The number of carbonyl (C=O) groups excluding carboxylic acids is 2. The number of benzene rings is 1. The highest BCUT2D eigenvalue weighted by Gasteiger charge is 2.23. The number of hydrogen-bond acceptors (Lipinski definition) is 4. The first-order valence-electron chi connectivity index (χ1n) is 7.91. The normalized spacial score (nSPS) is 11.7. The van der Waals surface area contributed by atoms with E-state index in [0.717, 1.165) is 12.1 Å². The Hall–Kier alpha value is -3.62. The summed E-state index contributed by atoms with van der Waals surface area (Å²) in [5, 5.41) is 4.89. The fourth-order valence-corrected chi connectivity index (χ4v) is 2.42. The number of pyridine rings is 1. The first kappa shape index (κ1) is 18.2. The van der Waals surface area contributed by atoms with Crippen molar-refractivity contribution in [3.63, 3.8) is 0 Å². The minimum atomic E-state index is -1.19. The predicted molar refractivity (Wildman–Crippen MR) is 92.0 cm³/mol. The number of nitrogens with one attached hydrogen (secondary N) is 2. The number of imidazole rings is 1. The van der Waals surface area contributed by atoms with E-state index in [9.17, 15) is 18.4 Å². The van der Waals surface area contributed by atoms with Crippen LogP contribution in [0.4, 0.5) is 8.78 Å². The molecule has 0 bridgehead atoms. The SMILES string of the molecule is CNC(=O)C(NC(=O)c1ccc(-n2ccnc2)nc1)c1ccc(F)c(F)c1. The largest absolute Gasteiger partial charge is 0.357 e. The molecule has 0 aliphatic rings. The maximum atomic E-state index is 13.5. The van der Waals surface area contributed by atoms with Crippen LogP contribution in [0.15, 0.2) is 55.2 Å². The zero-order valence-electron chi connectivity index (χ0n) is 14.2. The van der Waals surface area contributed by atoms with Crippen molar-refractivity contribution in [2.75, 3.05) is 7.05 Å². The first-order valence-corrected chi connectivity index (χ1v) is 7.91. The number of hydrogen-bond donors (Lipinski definition) is 2. The number of carbonyl (C=O) groups is 2. The van der Waals surface area contributed by atoms with Gasteiger partial charge < -0.3 is 10.6 Å². The zero-order chi connectivity index (χ0) is 19.4. The van der Waals surface area contributed by atoms with E-state index in [1.165, 1.54) is 25.4 Å². The number of nitrogens with zero attached hydrogens (tertiary/aromatic N) is 3. The molecule has 1 atom stereocenters. The Bertz CT molecular complexity index is 958. The van der Waals surface area contributed by atoms with E-state index in [1.54, 1.807) is 29.4 Å². The molecule has 0 fully saturated rings. The lowest BCUT2D eigenvalue weighted by Crippen LogP contribution is -2.39. The van der Waals surface area contributed by atoms with Crippen LogP contribution in [0.2, 0.25) is 0 Å². The van der Waals surface area contributed by atoms with Crippen LogP contribution in [0, 0.1) is 11.6 Å². The smallest absolute Gasteiger partial charge is 0.253 e. The monoisotopic (exact) mass is 371 g/mol. The molecule has 27 heavy (non-hydrogen) atoms. The molecule has 0 saturated carbocycles. The Kier molecular flexibility index (Phi) is 5.20. The zero-order valence-corrected chi connectivity index (χ0v) is 14.2. The van der Waals surface area contributed by atoms with Gasteiger partial charge >= 0.3 is 0 Å². The Balaban J connectivity index is 1.82. The van der Waals surface area contributed by atoms with E-state index < -0.39 is 29.5 Å². The average Bonchev–Trinajstić information content (AvgIpc) is 3.22. The van der Waals surface area contributed by atoms with E-state index >= 15 is 0 Å². The van der Waals surface area contributed by atoms with Gasteiger partial charge in [-0.15, -0.1) is 0 Å². The van der Waals surface area contributed by atoms with Gasteiger partial charge in [0, 0.05) is 25.6 Å². The van der Waals surface area contributed by atoms with Crippen LogP contribution in [0.5, 0.6) is 0 Å². The second-order valence-corrected chi connectivity index (χ2v) is 5.57. The van der Waals surface area contributed by atoms with Crippen LogP contribution in [-0.4, -0.2) is 33.4 Å². The summed E-state index contributed by atoms with van der Waals surface area (Å²) in [5.74, 6) is -2.75. The second-order valence-electron chi connectivity index (χ2n) is 5.57. The number of aromatic nitrogens is 3.